The fourth-order valence-electron chi connectivity index (χ4n) is 1.86. The predicted octanol–water partition coefficient (Wildman–Crippen LogP) is 3.56. The van der Waals surface area contributed by atoms with Gasteiger partial charge < -0.3 is 4.74 Å². The molecular formula is C14H12BrF2NO3S. The van der Waals surface area contributed by atoms with E-state index >= 15 is 0 Å². The highest BCUT2D eigenvalue weighted by Crippen LogP contribution is 2.32. The Kier molecular flexibility index (Phi) is 4.72. The standard InChI is InChI=1S/C14H12BrF2NO3S/c1-18(12-8-10(16)4-5-11(12)17)22(19,20)14-7-9(15)3-6-13(14)21-2/h3-8H,1-2H3. The summed E-state index contributed by atoms with van der Waals surface area (Å²) < 4.78 is 58.7. The molecule has 0 N–H and O–H groups in total. The lowest BCUT2D eigenvalue weighted by atomic mass is 10.3. The van der Waals surface area contributed by atoms with E-state index in [0.29, 0.717) is 8.78 Å². The second kappa shape index (κ2) is 6.21. The fraction of sp³-hybridized carbons (Fsp3) is 0.143. The van der Waals surface area contributed by atoms with Crippen molar-refractivity contribution in [1.82, 2.24) is 0 Å². The number of halogens is 3. The quantitative estimate of drug-likeness (QED) is 0.800. The van der Waals surface area contributed by atoms with Gasteiger partial charge in [-0.25, -0.2) is 17.2 Å². The molecule has 0 spiro atoms. The van der Waals surface area contributed by atoms with Crippen LogP contribution in [0.4, 0.5) is 14.5 Å². The highest BCUT2D eigenvalue weighted by Gasteiger charge is 2.27. The average Bonchev–Trinajstić information content (AvgIpc) is 2.49. The largest absolute Gasteiger partial charge is 0.495 e. The van der Waals surface area contributed by atoms with Gasteiger partial charge in [0.25, 0.3) is 10.0 Å². The number of hydrogen-bond acceptors (Lipinski definition) is 3. The van der Waals surface area contributed by atoms with E-state index in [1.165, 1.54) is 19.2 Å². The molecule has 0 aromatic heterocycles. The molecule has 0 fully saturated rings. The van der Waals surface area contributed by atoms with Crippen molar-refractivity contribution in [3.63, 3.8) is 0 Å². The summed E-state index contributed by atoms with van der Waals surface area (Å²) in [4.78, 5) is -0.157. The van der Waals surface area contributed by atoms with Crippen molar-refractivity contribution in [2.45, 2.75) is 4.90 Å². The Bertz CT molecular complexity index is 812. The van der Waals surface area contributed by atoms with Crippen LogP contribution < -0.4 is 9.04 Å². The number of sulfonamides is 1. The Morgan fingerprint density at radius 2 is 1.82 bits per heavy atom. The van der Waals surface area contributed by atoms with Gasteiger partial charge in [0, 0.05) is 17.6 Å². The van der Waals surface area contributed by atoms with Crippen molar-refractivity contribution in [2.24, 2.45) is 0 Å². The Balaban J connectivity index is 2.59. The number of methoxy groups -OCH3 is 1. The summed E-state index contributed by atoms with van der Waals surface area (Å²) in [5.41, 5.74) is -0.387. The maximum absolute atomic E-state index is 13.8. The van der Waals surface area contributed by atoms with Crippen LogP contribution in [0.5, 0.6) is 5.75 Å². The molecule has 0 amide bonds. The zero-order chi connectivity index (χ0) is 16.5. The van der Waals surface area contributed by atoms with Gasteiger partial charge in [0.2, 0.25) is 0 Å². The molecule has 0 atom stereocenters. The van der Waals surface area contributed by atoms with E-state index in [0.717, 1.165) is 25.2 Å². The Hall–Kier alpha value is -1.67. The first-order valence-electron chi connectivity index (χ1n) is 6.05. The molecule has 0 unspecified atom stereocenters. The third kappa shape index (κ3) is 3.07. The fourth-order valence-corrected chi connectivity index (χ4v) is 3.74. The molecule has 2 rings (SSSR count). The van der Waals surface area contributed by atoms with Gasteiger partial charge in [0.05, 0.1) is 12.8 Å². The smallest absolute Gasteiger partial charge is 0.267 e. The zero-order valence-electron chi connectivity index (χ0n) is 11.7. The number of hydrogen-bond donors (Lipinski definition) is 0. The van der Waals surface area contributed by atoms with Crippen LogP contribution in [-0.4, -0.2) is 22.6 Å². The summed E-state index contributed by atoms with van der Waals surface area (Å²) in [5, 5.41) is 0. The van der Waals surface area contributed by atoms with Gasteiger partial charge in [-0.2, -0.15) is 0 Å². The lowest BCUT2D eigenvalue weighted by Gasteiger charge is -2.21. The van der Waals surface area contributed by atoms with Crippen molar-refractivity contribution in [3.05, 3.63) is 52.5 Å². The molecule has 0 saturated heterocycles. The Morgan fingerprint density at radius 3 is 2.45 bits per heavy atom. The third-order valence-electron chi connectivity index (χ3n) is 3.01. The highest BCUT2D eigenvalue weighted by molar-refractivity contribution is 9.10. The number of nitrogens with zero attached hydrogens (tertiary/aromatic N) is 1. The van der Waals surface area contributed by atoms with Gasteiger partial charge >= 0.3 is 0 Å². The molecule has 4 nitrogen and oxygen atoms in total. The first kappa shape index (κ1) is 16.7. The van der Waals surface area contributed by atoms with Crippen molar-refractivity contribution in [2.75, 3.05) is 18.5 Å². The zero-order valence-corrected chi connectivity index (χ0v) is 14.1. The van der Waals surface area contributed by atoms with E-state index in [9.17, 15) is 17.2 Å². The first-order valence-corrected chi connectivity index (χ1v) is 8.28. The second-order valence-corrected chi connectivity index (χ2v) is 7.22. The minimum atomic E-state index is -4.12. The van der Waals surface area contributed by atoms with Crippen LogP contribution in [0.15, 0.2) is 45.8 Å². The summed E-state index contributed by atoms with van der Waals surface area (Å²) in [6.45, 7) is 0. The molecule has 0 radical (unpaired) electrons. The van der Waals surface area contributed by atoms with E-state index in [2.05, 4.69) is 15.9 Å². The molecule has 0 bridgehead atoms. The Labute approximate surface area is 135 Å². The maximum atomic E-state index is 13.8. The lowest BCUT2D eigenvalue weighted by molar-refractivity contribution is 0.402. The van der Waals surface area contributed by atoms with Crippen LogP contribution in [0.25, 0.3) is 0 Å². The molecule has 22 heavy (non-hydrogen) atoms. The van der Waals surface area contributed by atoms with Crippen LogP contribution in [0, 0.1) is 11.6 Å². The van der Waals surface area contributed by atoms with Gasteiger partial charge in [-0.15, -0.1) is 0 Å². The molecular weight excluding hydrogens is 380 g/mol. The van der Waals surface area contributed by atoms with Crippen LogP contribution >= 0.6 is 15.9 Å². The molecule has 0 aliphatic carbocycles. The second-order valence-electron chi connectivity index (χ2n) is 4.36. The molecule has 8 heteroatoms. The number of ether oxygens (including phenoxy) is 1. The number of anilines is 1. The molecule has 0 saturated carbocycles. The molecule has 118 valence electrons. The predicted molar refractivity (Wildman–Crippen MR) is 82.6 cm³/mol. The summed E-state index contributed by atoms with van der Waals surface area (Å²) in [6, 6.07) is 7.01. The van der Waals surface area contributed by atoms with Gasteiger partial charge in [0.15, 0.2) is 0 Å². The monoisotopic (exact) mass is 391 g/mol. The Morgan fingerprint density at radius 1 is 1.14 bits per heavy atom. The van der Waals surface area contributed by atoms with Crippen LogP contribution in [-0.2, 0) is 10.0 Å². The summed E-state index contributed by atoms with van der Waals surface area (Å²) >= 11 is 3.18. The van der Waals surface area contributed by atoms with Gasteiger partial charge in [0.1, 0.15) is 22.3 Å². The van der Waals surface area contributed by atoms with Crippen molar-refractivity contribution < 1.29 is 21.9 Å². The molecule has 0 aliphatic rings. The highest BCUT2D eigenvalue weighted by atomic mass is 79.9. The number of benzene rings is 2. The lowest BCUT2D eigenvalue weighted by Crippen LogP contribution is -2.28. The van der Waals surface area contributed by atoms with Crippen LogP contribution in [0.1, 0.15) is 0 Å². The van der Waals surface area contributed by atoms with Crippen molar-refractivity contribution >= 4 is 31.6 Å². The first-order chi connectivity index (χ1) is 10.3. The summed E-state index contributed by atoms with van der Waals surface area (Å²) in [5.74, 6) is -1.48. The van der Waals surface area contributed by atoms with Gasteiger partial charge in [-0.3, -0.25) is 4.31 Å². The van der Waals surface area contributed by atoms with E-state index in [4.69, 9.17) is 4.74 Å². The van der Waals surface area contributed by atoms with E-state index in [-0.39, 0.29) is 16.3 Å². The third-order valence-corrected chi connectivity index (χ3v) is 5.30. The van der Waals surface area contributed by atoms with Crippen molar-refractivity contribution in [1.29, 1.82) is 0 Å². The van der Waals surface area contributed by atoms with E-state index in [1.54, 1.807) is 6.07 Å². The molecule has 2 aromatic carbocycles. The molecule has 2 aromatic rings. The molecule has 0 heterocycles. The minimum absolute atomic E-state index is 0.104. The van der Waals surface area contributed by atoms with Crippen LogP contribution in [0.3, 0.4) is 0 Å². The van der Waals surface area contributed by atoms with Gasteiger partial charge in [-0.05, 0) is 30.3 Å². The normalized spacial score (nSPS) is 11.3. The SMILES string of the molecule is COc1ccc(Br)cc1S(=O)(=O)N(C)c1cc(F)ccc1F. The number of rotatable bonds is 4. The van der Waals surface area contributed by atoms with Gasteiger partial charge in [-0.1, -0.05) is 15.9 Å². The summed E-state index contributed by atoms with van der Waals surface area (Å²) in [6.07, 6.45) is 0. The van der Waals surface area contributed by atoms with E-state index in [1.807, 2.05) is 0 Å². The average molecular weight is 392 g/mol. The topological polar surface area (TPSA) is 46.6 Å². The van der Waals surface area contributed by atoms with Crippen LogP contribution in [0.2, 0.25) is 0 Å². The van der Waals surface area contributed by atoms with E-state index < -0.39 is 21.7 Å². The van der Waals surface area contributed by atoms with Crippen molar-refractivity contribution in [3.8, 4) is 5.75 Å². The molecule has 0 aliphatic heterocycles. The summed E-state index contributed by atoms with van der Waals surface area (Å²) in [7, 11) is -1.65. The maximum Gasteiger partial charge on any atom is 0.267 e. The minimum Gasteiger partial charge on any atom is -0.495 e.